The van der Waals surface area contributed by atoms with Crippen LogP contribution in [-0.4, -0.2) is 18.1 Å². The number of rotatable bonds is 3. The highest BCUT2D eigenvalue weighted by Crippen LogP contribution is 2.32. The molecule has 3 rings (SSSR count). The number of nitrogens with zero attached hydrogens (tertiary/aromatic N) is 1. The molecule has 0 aliphatic heterocycles. The maximum Gasteiger partial charge on any atom is 0.347 e. The zero-order valence-corrected chi connectivity index (χ0v) is 13.6. The fraction of sp³-hybridized carbons (Fsp3) is 0.118. The first kappa shape index (κ1) is 16.0. The summed E-state index contributed by atoms with van der Waals surface area (Å²) in [6, 6.07) is 9.47. The smallest absolute Gasteiger partial charge is 0.347 e. The third-order valence-electron chi connectivity index (χ3n) is 3.26. The monoisotopic (exact) mass is 345 g/mol. The van der Waals surface area contributed by atoms with Crippen molar-refractivity contribution in [2.45, 2.75) is 6.92 Å². The standard InChI is InChI=1S/C17H12ClNO5/c1-9(20)23-14-6-3-10(7-15(14)22-2)16-19-13-8-11(18)4-5-12(13)17(21)24-16/h3-8H,1-2H3. The first-order valence-electron chi connectivity index (χ1n) is 6.95. The molecular weight excluding hydrogens is 334 g/mol. The Kier molecular flexibility index (Phi) is 4.22. The van der Waals surface area contributed by atoms with Gasteiger partial charge in [0, 0.05) is 17.5 Å². The number of carbonyl (C=O) groups excluding carboxylic acids is 1. The lowest BCUT2D eigenvalue weighted by Crippen LogP contribution is -2.04. The zero-order chi connectivity index (χ0) is 17.3. The largest absolute Gasteiger partial charge is 0.493 e. The topological polar surface area (TPSA) is 78.6 Å². The van der Waals surface area contributed by atoms with Gasteiger partial charge in [-0.2, -0.15) is 0 Å². The van der Waals surface area contributed by atoms with Gasteiger partial charge in [-0.15, -0.1) is 0 Å². The van der Waals surface area contributed by atoms with Crippen LogP contribution in [0.2, 0.25) is 5.02 Å². The molecule has 0 radical (unpaired) electrons. The molecule has 0 fully saturated rings. The highest BCUT2D eigenvalue weighted by atomic mass is 35.5. The number of esters is 1. The van der Waals surface area contributed by atoms with E-state index in [1.54, 1.807) is 36.4 Å². The molecule has 0 amide bonds. The van der Waals surface area contributed by atoms with Gasteiger partial charge in [-0.25, -0.2) is 9.78 Å². The zero-order valence-electron chi connectivity index (χ0n) is 12.8. The van der Waals surface area contributed by atoms with Gasteiger partial charge >= 0.3 is 11.6 Å². The molecule has 0 unspecified atom stereocenters. The van der Waals surface area contributed by atoms with Gasteiger partial charge in [0.15, 0.2) is 11.5 Å². The molecule has 0 N–H and O–H groups in total. The van der Waals surface area contributed by atoms with E-state index in [4.69, 9.17) is 25.5 Å². The van der Waals surface area contributed by atoms with Gasteiger partial charge in [0.25, 0.3) is 0 Å². The summed E-state index contributed by atoms with van der Waals surface area (Å²) in [5.41, 5.74) is 0.410. The molecule has 3 aromatic rings. The van der Waals surface area contributed by atoms with E-state index in [-0.39, 0.29) is 11.6 Å². The van der Waals surface area contributed by atoms with Gasteiger partial charge in [0.1, 0.15) is 0 Å². The van der Waals surface area contributed by atoms with Gasteiger partial charge in [-0.1, -0.05) is 11.6 Å². The molecule has 0 atom stereocenters. The number of hydrogen-bond donors (Lipinski definition) is 0. The van der Waals surface area contributed by atoms with E-state index in [2.05, 4.69) is 4.98 Å². The Bertz CT molecular complexity index is 996. The minimum absolute atomic E-state index is 0.113. The van der Waals surface area contributed by atoms with E-state index in [1.165, 1.54) is 14.0 Å². The van der Waals surface area contributed by atoms with E-state index >= 15 is 0 Å². The van der Waals surface area contributed by atoms with Crippen LogP contribution in [0.25, 0.3) is 22.4 Å². The van der Waals surface area contributed by atoms with Crippen molar-refractivity contribution < 1.29 is 18.7 Å². The molecule has 1 aromatic heterocycles. The maximum absolute atomic E-state index is 12.1. The van der Waals surface area contributed by atoms with E-state index in [0.717, 1.165) is 0 Å². The number of benzene rings is 2. The summed E-state index contributed by atoms with van der Waals surface area (Å²) in [6.07, 6.45) is 0. The molecule has 1 heterocycles. The van der Waals surface area contributed by atoms with Crippen molar-refractivity contribution in [2.24, 2.45) is 0 Å². The predicted molar refractivity (Wildman–Crippen MR) is 88.6 cm³/mol. The summed E-state index contributed by atoms with van der Waals surface area (Å²) in [4.78, 5) is 27.5. The quantitative estimate of drug-likeness (QED) is 0.534. The summed E-state index contributed by atoms with van der Waals surface area (Å²) in [5, 5.41) is 0.806. The average molecular weight is 346 g/mol. The molecule has 0 spiro atoms. The third kappa shape index (κ3) is 3.09. The first-order valence-corrected chi connectivity index (χ1v) is 7.33. The predicted octanol–water partition coefficient (Wildman–Crippen LogP) is 3.44. The van der Waals surface area contributed by atoms with Gasteiger partial charge in [-0.05, 0) is 36.4 Å². The summed E-state index contributed by atoms with van der Waals surface area (Å²) >= 11 is 5.95. The second kappa shape index (κ2) is 6.33. The van der Waals surface area contributed by atoms with Crippen molar-refractivity contribution in [1.82, 2.24) is 4.98 Å². The lowest BCUT2D eigenvalue weighted by atomic mass is 10.2. The van der Waals surface area contributed by atoms with E-state index < -0.39 is 11.6 Å². The van der Waals surface area contributed by atoms with E-state index in [9.17, 15) is 9.59 Å². The molecule has 0 saturated heterocycles. The van der Waals surface area contributed by atoms with Crippen LogP contribution >= 0.6 is 11.6 Å². The molecule has 24 heavy (non-hydrogen) atoms. The number of ether oxygens (including phenoxy) is 2. The van der Waals surface area contributed by atoms with Crippen molar-refractivity contribution >= 4 is 28.5 Å². The van der Waals surface area contributed by atoms with Gasteiger partial charge in [-0.3, -0.25) is 4.79 Å². The summed E-state index contributed by atoms with van der Waals surface area (Å²) in [7, 11) is 1.44. The Hall–Kier alpha value is -2.86. The number of fused-ring (bicyclic) bond motifs is 1. The average Bonchev–Trinajstić information content (AvgIpc) is 2.54. The number of carbonyl (C=O) groups is 1. The number of hydrogen-bond acceptors (Lipinski definition) is 6. The maximum atomic E-state index is 12.1. The van der Waals surface area contributed by atoms with Crippen LogP contribution in [0.1, 0.15) is 6.92 Å². The van der Waals surface area contributed by atoms with Crippen LogP contribution < -0.4 is 15.1 Å². The SMILES string of the molecule is COc1cc(-c2nc3cc(Cl)ccc3c(=O)o2)ccc1OC(C)=O. The summed E-state index contributed by atoms with van der Waals surface area (Å²) < 4.78 is 15.5. The van der Waals surface area contributed by atoms with E-state index in [1.807, 2.05) is 0 Å². The van der Waals surface area contributed by atoms with Gasteiger partial charge < -0.3 is 13.9 Å². The minimum atomic E-state index is -0.519. The fourth-order valence-electron chi connectivity index (χ4n) is 2.21. The second-order valence-corrected chi connectivity index (χ2v) is 5.36. The number of aromatic nitrogens is 1. The van der Waals surface area contributed by atoms with Crippen molar-refractivity contribution in [3.8, 4) is 23.0 Å². The Morgan fingerprint density at radius 1 is 1.17 bits per heavy atom. The van der Waals surface area contributed by atoms with Crippen LogP contribution in [0.15, 0.2) is 45.6 Å². The normalized spacial score (nSPS) is 10.6. The molecule has 7 heteroatoms. The second-order valence-electron chi connectivity index (χ2n) is 4.93. The van der Waals surface area contributed by atoms with Gasteiger partial charge in [0.2, 0.25) is 5.89 Å². The Balaban J connectivity index is 2.13. The molecule has 6 nitrogen and oxygen atoms in total. The van der Waals surface area contributed by atoms with Crippen LogP contribution in [0.5, 0.6) is 11.5 Å². The molecule has 0 bridgehead atoms. The lowest BCUT2D eigenvalue weighted by molar-refractivity contribution is -0.132. The molecule has 0 aliphatic carbocycles. The molecular formula is C17H12ClNO5. The van der Waals surface area contributed by atoms with Crippen LogP contribution in [0.3, 0.4) is 0 Å². The molecule has 0 saturated carbocycles. The fourth-order valence-corrected chi connectivity index (χ4v) is 2.37. The van der Waals surface area contributed by atoms with Crippen molar-refractivity contribution in [2.75, 3.05) is 7.11 Å². The van der Waals surface area contributed by atoms with Crippen molar-refractivity contribution in [3.05, 3.63) is 51.8 Å². The number of methoxy groups -OCH3 is 1. The first-order chi connectivity index (χ1) is 11.5. The lowest BCUT2D eigenvalue weighted by Gasteiger charge is -2.09. The minimum Gasteiger partial charge on any atom is -0.493 e. The van der Waals surface area contributed by atoms with Crippen molar-refractivity contribution in [3.63, 3.8) is 0 Å². The van der Waals surface area contributed by atoms with Gasteiger partial charge in [0.05, 0.1) is 18.0 Å². The Morgan fingerprint density at radius 3 is 2.67 bits per heavy atom. The van der Waals surface area contributed by atoms with Crippen molar-refractivity contribution in [1.29, 1.82) is 0 Å². The van der Waals surface area contributed by atoms with E-state index in [0.29, 0.717) is 27.2 Å². The molecule has 2 aromatic carbocycles. The molecule has 122 valence electrons. The summed E-state index contributed by atoms with van der Waals surface area (Å²) in [6.45, 7) is 1.29. The Labute approximate surface area is 141 Å². The van der Waals surface area contributed by atoms with Crippen LogP contribution in [0.4, 0.5) is 0 Å². The third-order valence-corrected chi connectivity index (χ3v) is 3.49. The van der Waals surface area contributed by atoms with Crippen LogP contribution in [-0.2, 0) is 4.79 Å². The molecule has 0 aliphatic rings. The highest BCUT2D eigenvalue weighted by molar-refractivity contribution is 6.31. The number of halogens is 1. The highest BCUT2D eigenvalue weighted by Gasteiger charge is 2.13. The Morgan fingerprint density at radius 2 is 1.96 bits per heavy atom. The summed E-state index contributed by atoms with van der Waals surface area (Å²) in [5.74, 6) is 0.228. The van der Waals surface area contributed by atoms with Crippen LogP contribution in [0, 0.1) is 0 Å².